The lowest BCUT2D eigenvalue weighted by atomic mass is 9.70. The summed E-state index contributed by atoms with van der Waals surface area (Å²) in [5.74, 6) is 3.31. The topological polar surface area (TPSA) is 24.5 Å². The number of rotatable bonds is 5. The first-order valence-corrected chi connectivity index (χ1v) is 8.71. The Labute approximate surface area is 135 Å². The third-order valence-electron chi connectivity index (χ3n) is 5.66. The van der Waals surface area contributed by atoms with Gasteiger partial charge < -0.3 is 10.1 Å². The Hall–Kier alpha value is -1.06. The third-order valence-corrected chi connectivity index (χ3v) is 5.66. The van der Waals surface area contributed by atoms with E-state index in [9.17, 15) is 0 Å². The maximum Gasteiger partial charge on any atom is 0.123 e. The van der Waals surface area contributed by atoms with Gasteiger partial charge in [0.2, 0.25) is 0 Å². The molecule has 3 saturated heterocycles. The van der Waals surface area contributed by atoms with Gasteiger partial charge in [-0.25, -0.2) is 0 Å². The summed E-state index contributed by atoms with van der Waals surface area (Å²) in [6, 6.07) is 9.62. The van der Waals surface area contributed by atoms with Crippen LogP contribution in [0.15, 0.2) is 24.3 Å². The van der Waals surface area contributed by atoms with E-state index >= 15 is 0 Å². The van der Waals surface area contributed by atoms with Gasteiger partial charge in [-0.15, -0.1) is 0 Å². The molecule has 4 rings (SSSR count). The summed E-state index contributed by atoms with van der Waals surface area (Å²) in [7, 11) is 1.76. The van der Waals surface area contributed by atoms with Crippen LogP contribution >= 0.6 is 0 Å². The Morgan fingerprint density at radius 1 is 1.32 bits per heavy atom. The van der Waals surface area contributed by atoms with Crippen LogP contribution in [0.4, 0.5) is 0 Å². The number of fused-ring (bicyclic) bond motifs is 3. The molecule has 0 amide bonds. The Bertz CT molecular complexity index is 502. The zero-order valence-electron chi connectivity index (χ0n) is 14.4. The molecule has 5 atom stereocenters. The van der Waals surface area contributed by atoms with Crippen LogP contribution in [0.5, 0.6) is 5.75 Å². The standard InChI is InChI=1S/C19H30N2O/c1-13(2)19-18(16-9-10-21(19)12-14(16)3)20-11-15-7-5-6-8-17(15)22-4/h5-8,13-14,16,18-20H,9-12H2,1-4H3. The van der Waals surface area contributed by atoms with Gasteiger partial charge in [-0.05, 0) is 36.8 Å². The summed E-state index contributed by atoms with van der Waals surface area (Å²) in [6.07, 6.45) is 1.34. The molecular formula is C19H30N2O. The highest BCUT2D eigenvalue weighted by Crippen LogP contribution is 2.39. The molecule has 1 aromatic carbocycles. The molecule has 3 nitrogen and oxygen atoms in total. The van der Waals surface area contributed by atoms with Crippen LogP contribution in [0, 0.1) is 17.8 Å². The fraction of sp³-hybridized carbons (Fsp3) is 0.684. The largest absolute Gasteiger partial charge is 0.496 e. The minimum absolute atomic E-state index is 0.599. The molecule has 2 bridgehead atoms. The molecule has 1 N–H and O–H groups in total. The number of nitrogens with one attached hydrogen (secondary N) is 1. The molecular weight excluding hydrogens is 272 g/mol. The van der Waals surface area contributed by atoms with Crippen molar-refractivity contribution in [3.63, 3.8) is 0 Å². The van der Waals surface area contributed by atoms with Crippen molar-refractivity contribution in [2.45, 2.75) is 45.8 Å². The van der Waals surface area contributed by atoms with E-state index in [1.165, 1.54) is 25.1 Å². The van der Waals surface area contributed by atoms with Crippen molar-refractivity contribution < 1.29 is 4.74 Å². The first-order chi connectivity index (χ1) is 10.6. The SMILES string of the molecule is COc1ccccc1CNC1C2CCN(CC2C)C1C(C)C. The van der Waals surface area contributed by atoms with Crippen LogP contribution in [-0.2, 0) is 6.54 Å². The fourth-order valence-electron chi connectivity index (χ4n) is 4.67. The molecule has 1 aromatic rings. The zero-order chi connectivity index (χ0) is 15.7. The predicted octanol–water partition coefficient (Wildman–Crippen LogP) is 3.15. The second-order valence-corrected chi connectivity index (χ2v) is 7.38. The van der Waals surface area contributed by atoms with Crippen LogP contribution in [0.25, 0.3) is 0 Å². The number of ether oxygens (including phenoxy) is 1. The molecule has 0 aliphatic carbocycles. The zero-order valence-corrected chi connectivity index (χ0v) is 14.4. The van der Waals surface area contributed by atoms with E-state index in [-0.39, 0.29) is 0 Å². The normalized spacial score (nSPS) is 34.1. The molecule has 0 radical (unpaired) electrons. The monoisotopic (exact) mass is 302 g/mol. The number of nitrogens with zero attached hydrogens (tertiary/aromatic N) is 1. The molecule has 0 saturated carbocycles. The fourth-order valence-corrected chi connectivity index (χ4v) is 4.67. The summed E-state index contributed by atoms with van der Waals surface area (Å²) < 4.78 is 5.49. The van der Waals surface area contributed by atoms with E-state index < -0.39 is 0 Å². The lowest BCUT2D eigenvalue weighted by molar-refractivity contribution is -0.0428. The van der Waals surface area contributed by atoms with E-state index in [4.69, 9.17) is 4.74 Å². The molecule has 122 valence electrons. The minimum Gasteiger partial charge on any atom is -0.496 e. The van der Waals surface area contributed by atoms with Crippen molar-refractivity contribution in [1.82, 2.24) is 10.2 Å². The number of hydrogen-bond acceptors (Lipinski definition) is 3. The number of methoxy groups -OCH3 is 1. The highest BCUT2D eigenvalue weighted by molar-refractivity contribution is 5.33. The first kappa shape index (κ1) is 15.8. The van der Waals surface area contributed by atoms with Gasteiger partial charge in [0, 0.05) is 30.7 Å². The van der Waals surface area contributed by atoms with Crippen molar-refractivity contribution in [2.75, 3.05) is 20.2 Å². The molecule has 22 heavy (non-hydrogen) atoms. The summed E-state index contributed by atoms with van der Waals surface area (Å²) in [5, 5.41) is 3.88. The Balaban J connectivity index is 1.74. The van der Waals surface area contributed by atoms with Gasteiger partial charge >= 0.3 is 0 Å². The molecule has 0 spiro atoms. The Morgan fingerprint density at radius 2 is 2.09 bits per heavy atom. The van der Waals surface area contributed by atoms with Crippen molar-refractivity contribution in [3.8, 4) is 5.75 Å². The molecule has 3 aliphatic rings. The summed E-state index contributed by atoms with van der Waals surface area (Å²) in [4.78, 5) is 2.72. The van der Waals surface area contributed by atoms with Gasteiger partial charge in [0.15, 0.2) is 0 Å². The van der Waals surface area contributed by atoms with Crippen molar-refractivity contribution in [2.24, 2.45) is 17.8 Å². The van der Waals surface area contributed by atoms with Gasteiger partial charge in [-0.2, -0.15) is 0 Å². The van der Waals surface area contributed by atoms with Gasteiger partial charge in [0.25, 0.3) is 0 Å². The molecule has 0 aromatic heterocycles. The number of benzene rings is 1. The quantitative estimate of drug-likeness (QED) is 0.904. The summed E-state index contributed by atoms with van der Waals surface area (Å²) >= 11 is 0. The van der Waals surface area contributed by atoms with Crippen molar-refractivity contribution in [1.29, 1.82) is 0 Å². The highest BCUT2D eigenvalue weighted by atomic mass is 16.5. The van der Waals surface area contributed by atoms with Gasteiger partial charge in [0.05, 0.1) is 7.11 Å². The van der Waals surface area contributed by atoms with E-state index in [2.05, 4.69) is 49.2 Å². The summed E-state index contributed by atoms with van der Waals surface area (Å²) in [5.41, 5.74) is 1.26. The van der Waals surface area contributed by atoms with Crippen LogP contribution < -0.4 is 10.1 Å². The van der Waals surface area contributed by atoms with Crippen LogP contribution in [0.1, 0.15) is 32.8 Å². The number of piperidine rings is 3. The van der Waals surface area contributed by atoms with Gasteiger partial charge in [-0.3, -0.25) is 4.90 Å². The van der Waals surface area contributed by atoms with E-state index in [1.807, 2.05) is 6.07 Å². The molecule has 5 unspecified atom stereocenters. The lowest BCUT2D eigenvalue weighted by Gasteiger charge is -2.56. The van der Waals surface area contributed by atoms with E-state index in [1.54, 1.807) is 7.11 Å². The first-order valence-electron chi connectivity index (χ1n) is 8.71. The molecule has 3 heterocycles. The predicted molar refractivity (Wildman–Crippen MR) is 91.1 cm³/mol. The second kappa shape index (κ2) is 6.59. The highest BCUT2D eigenvalue weighted by Gasteiger charge is 2.46. The summed E-state index contributed by atoms with van der Waals surface area (Å²) in [6.45, 7) is 10.6. The van der Waals surface area contributed by atoms with Crippen LogP contribution in [-0.4, -0.2) is 37.2 Å². The number of hydrogen-bond donors (Lipinski definition) is 1. The second-order valence-electron chi connectivity index (χ2n) is 7.38. The minimum atomic E-state index is 0.599. The maximum atomic E-state index is 5.49. The Kier molecular flexibility index (Phi) is 4.74. The van der Waals surface area contributed by atoms with E-state index in [0.717, 1.165) is 24.1 Å². The average Bonchev–Trinajstić information content (AvgIpc) is 2.52. The van der Waals surface area contributed by atoms with Crippen LogP contribution in [0.3, 0.4) is 0 Å². The number of para-hydroxylation sites is 1. The van der Waals surface area contributed by atoms with Gasteiger partial charge in [0.1, 0.15) is 5.75 Å². The third kappa shape index (κ3) is 2.89. The van der Waals surface area contributed by atoms with Crippen LogP contribution in [0.2, 0.25) is 0 Å². The maximum absolute atomic E-state index is 5.49. The van der Waals surface area contributed by atoms with Crippen molar-refractivity contribution in [3.05, 3.63) is 29.8 Å². The Morgan fingerprint density at radius 3 is 2.77 bits per heavy atom. The molecule has 3 aliphatic heterocycles. The lowest BCUT2D eigenvalue weighted by Crippen LogP contribution is -2.66. The average molecular weight is 302 g/mol. The van der Waals surface area contributed by atoms with Crippen molar-refractivity contribution >= 4 is 0 Å². The molecule has 3 heteroatoms. The molecule has 3 fully saturated rings. The van der Waals surface area contributed by atoms with E-state index in [0.29, 0.717) is 18.0 Å². The van der Waals surface area contributed by atoms with Gasteiger partial charge in [-0.1, -0.05) is 39.0 Å². The smallest absolute Gasteiger partial charge is 0.123 e.